The Balaban J connectivity index is 1.76. The molecule has 0 bridgehead atoms. The first kappa shape index (κ1) is 13.1. The molecule has 2 aromatic carbocycles. The summed E-state index contributed by atoms with van der Waals surface area (Å²) in [5, 5.41) is 5.11. The number of aryl methyl sites for hydroxylation is 1. The van der Waals surface area contributed by atoms with Gasteiger partial charge in [0.2, 0.25) is 0 Å². The Morgan fingerprint density at radius 1 is 1.14 bits per heavy atom. The van der Waals surface area contributed by atoms with Gasteiger partial charge >= 0.3 is 0 Å². The molecule has 0 aliphatic rings. The van der Waals surface area contributed by atoms with E-state index in [1.165, 1.54) is 0 Å². The molecule has 0 radical (unpaired) electrons. The van der Waals surface area contributed by atoms with Crippen LogP contribution in [0.15, 0.2) is 59.8 Å². The van der Waals surface area contributed by atoms with Gasteiger partial charge in [-0.1, -0.05) is 36.4 Å². The van der Waals surface area contributed by atoms with Gasteiger partial charge in [-0.3, -0.25) is 4.79 Å². The lowest BCUT2D eigenvalue weighted by atomic mass is 10.1. The number of H-pyrrole nitrogens is 1. The summed E-state index contributed by atoms with van der Waals surface area (Å²) in [5.74, 6) is -0.204. The number of benzene rings is 2. The van der Waals surface area contributed by atoms with Crippen LogP contribution in [-0.4, -0.2) is 17.1 Å². The highest BCUT2D eigenvalue weighted by Gasteiger charge is 2.06. The van der Waals surface area contributed by atoms with Gasteiger partial charge in [-0.2, -0.15) is 5.10 Å². The number of carbonyl (C=O) groups is 1. The summed E-state index contributed by atoms with van der Waals surface area (Å²) in [6.45, 7) is 1.90. The van der Waals surface area contributed by atoms with Crippen molar-refractivity contribution in [3.05, 3.63) is 71.4 Å². The van der Waals surface area contributed by atoms with Crippen LogP contribution in [0.25, 0.3) is 10.9 Å². The van der Waals surface area contributed by atoms with Crippen molar-refractivity contribution in [1.29, 1.82) is 0 Å². The Kier molecular flexibility index (Phi) is 3.51. The maximum atomic E-state index is 12.0. The third kappa shape index (κ3) is 2.69. The van der Waals surface area contributed by atoms with Crippen molar-refractivity contribution in [3.8, 4) is 0 Å². The van der Waals surface area contributed by atoms with E-state index in [0.29, 0.717) is 5.56 Å². The lowest BCUT2D eigenvalue weighted by Gasteiger charge is -2.02. The molecule has 0 atom stereocenters. The number of rotatable bonds is 3. The number of aromatic amines is 1. The maximum Gasteiger partial charge on any atom is 0.271 e. The average Bonchev–Trinajstić information content (AvgIpc) is 2.91. The first-order valence-electron chi connectivity index (χ1n) is 6.71. The van der Waals surface area contributed by atoms with Crippen molar-refractivity contribution in [2.45, 2.75) is 6.92 Å². The molecule has 0 saturated heterocycles. The van der Waals surface area contributed by atoms with Crippen LogP contribution < -0.4 is 5.43 Å². The predicted molar refractivity (Wildman–Crippen MR) is 84.5 cm³/mol. The monoisotopic (exact) mass is 277 g/mol. The van der Waals surface area contributed by atoms with E-state index in [1.807, 2.05) is 55.6 Å². The summed E-state index contributed by atoms with van der Waals surface area (Å²) >= 11 is 0. The SMILES string of the molecule is Cc1ccccc1C(=O)NN=Cc1c[nH]c2ccccc12. The van der Waals surface area contributed by atoms with Gasteiger partial charge in [0.25, 0.3) is 5.91 Å². The van der Waals surface area contributed by atoms with Gasteiger partial charge in [0.15, 0.2) is 0 Å². The zero-order valence-corrected chi connectivity index (χ0v) is 11.6. The van der Waals surface area contributed by atoms with E-state index in [4.69, 9.17) is 0 Å². The van der Waals surface area contributed by atoms with Gasteiger partial charge in [0, 0.05) is 28.2 Å². The largest absolute Gasteiger partial charge is 0.361 e. The molecule has 0 unspecified atom stereocenters. The number of aromatic nitrogens is 1. The van der Waals surface area contributed by atoms with Crippen molar-refractivity contribution in [2.75, 3.05) is 0 Å². The molecule has 4 nitrogen and oxygen atoms in total. The maximum absolute atomic E-state index is 12.0. The van der Waals surface area contributed by atoms with Crippen molar-refractivity contribution in [3.63, 3.8) is 0 Å². The number of nitrogens with one attached hydrogen (secondary N) is 2. The van der Waals surface area contributed by atoms with Crippen LogP contribution in [0.2, 0.25) is 0 Å². The van der Waals surface area contributed by atoms with E-state index in [1.54, 1.807) is 12.3 Å². The van der Waals surface area contributed by atoms with Gasteiger partial charge in [-0.25, -0.2) is 5.43 Å². The predicted octanol–water partition coefficient (Wildman–Crippen LogP) is 3.24. The third-order valence-electron chi connectivity index (χ3n) is 3.38. The zero-order valence-electron chi connectivity index (χ0n) is 11.6. The van der Waals surface area contributed by atoms with Crippen LogP contribution in [0.1, 0.15) is 21.5 Å². The highest BCUT2D eigenvalue weighted by atomic mass is 16.2. The normalized spacial score (nSPS) is 11.1. The Bertz CT molecular complexity index is 818. The number of carbonyl (C=O) groups excluding carboxylic acids is 1. The summed E-state index contributed by atoms with van der Waals surface area (Å²) in [7, 11) is 0. The summed E-state index contributed by atoms with van der Waals surface area (Å²) in [5.41, 5.74) is 6.11. The van der Waals surface area contributed by atoms with E-state index in [0.717, 1.165) is 22.0 Å². The second-order valence-electron chi connectivity index (χ2n) is 4.80. The quantitative estimate of drug-likeness (QED) is 0.560. The van der Waals surface area contributed by atoms with Crippen LogP contribution in [-0.2, 0) is 0 Å². The number of hydrogen-bond acceptors (Lipinski definition) is 2. The van der Waals surface area contributed by atoms with Crippen LogP contribution in [0.4, 0.5) is 0 Å². The molecule has 0 saturated carbocycles. The number of nitrogens with zero attached hydrogens (tertiary/aromatic N) is 1. The van der Waals surface area contributed by atoms with Gasteiger partial charge in [-0.15, -0.1) is 0 Å². The molecule has 0 spiro atoms. The average molecular weight is 277 g/mol. The molecule has 0 fully saturated rings. The van der Waals surface area contributed by atoms with Gasteiger partial charge in [0.05, 0.1) is 6.21 Å². The molecular formula is C17H15N3O. The Hall–Kier alpha value is -2.88. The fourth-order valence-corrected chi connectivity index (χ4v) is 2.25. The minimum Gasteiger partial charge on any atom is -0.361 e. The number of hydrogen-bond donors (Lipinski definition) is 2. The van der Waals surface area contributed by atoms with Crippen LogP contribution >= 0.6 is 0 Å². The molecule has 4 heteroatoms. The molecule has 3 aromatic rings. The Labute approximate surface area is 122 Å². The zero-order chi connectivity index (χ0) is 14.7. The number of para-hydroxylation sites is 1. The third-order valence-corrected chi connectivity index (χ3v) is 3.38. The standard InChI is InChI=1S/C17H15N3O/c1-12-6-2-3-7-14(12)17(21)20-19-11-13-10-18-16-9-5-4-8-15(13)16/h2-11,18H,1H3,(H,20,21). The topological polar surface area (TPSA) is 57.2 Å². The molecule has 2 N–H and O–H groups in total. The molecule has 0 aliphatic carbocycles. The molecule has 0 aliphatic heterocycles. The minimum atomic E-state index is -0.204. The highest BCUT2D eigenvalue weighted by molar-refractivity contribution is 6.00. The number of amides is 1. The first-order chi connectivity index (χ1) is 10.3. The molecular weight excluding hydrogens is 262 g/mol. The minimum absolute atomic E-state index is 0.204. The second kappa shape index (κ2) is 5.63. The first-order valence-corrected chi connectivity index (χ1v) is 6.71. The number of hydrazone groups is 1. The fourth-order valence-electron chi connectivity index (χ4n) is 2.25. The van der Waals surface area contributed by atoms with Crippen molar-refractivity contribution in [2.24, 2.45) is 5.10 Å². The van der Waals surface area contributed by atoms with Gasteiger partial charge in [-0.05, 0) is 24.6 Å². The van der Waals surface area contributed by atoms with E-state index in [-0.39, 0.29) is 5.91 Å². The molecule has 1 heterocycles. The molecule has 1 aromatic heterocycles. The summed E-state index contributed by atoms with van der Waals surface area (Å²) in [6, 6.07) is 15.4. The fraction of sp³-hybridized carbons (Fsp3) is 0.0588. The van der Waals surface area contributed by atoms with E-state index >= 15 is 0 Å². The number of fused-ring (bicyclic) bond motifs is 1. The Morgan fingerprint density at radius 2 is 1.90 bits per heavy atom. The second-order valence-corrected chi connectivity index (χ2v) is 4.80. The summed E-state index contributed by atoms with van der Waals surface area (Å²) < 4.78 is 0. The van der Waals surface area contributed by atoms with Crippen molar-refractivity contribution < 1.29 is 4.79 Å². The van der Waals surface area contributed by atoms with E-state index < -0.39 is 0 Å². The van der Waals surface area contributed by atoms with Crippen molar-refractivity contribution in [1.82, 2.24) is 10.4 Å². The van der Waals surface area contributed by atoms with E-state index in [2.05, 4.69) is 15.5 Å². The molecule has 104 valence electrons. The Morgan fingerprint density at radius 3 is 2.76 bits per heavy atom. The molecule has 3 rings (SSSR count). The smallest absolute Gasteiger partial charge is 0.271 e. The lowest BCUT2D eigenvalue weighted by Crippen LogP contribution is -2.18. The summed E-state index contributed by atoms with van der Waals surface area (Å²) in [6.07, 6.45) is 3.52. The molecule has 1 amide bonds. The summed E-state index contributed by atoms with van der Waals surface area (Å²) in [4.78, 5) is 15.2. The van der Waals surface area contributed by atoms with Crippen LogP contribution in [0.5, 0.6) is 0 Å². The highest BCUT2D eigenvalue weighted by Crippen LogP contribution is 2.15. The van der Waals surface area contributed by atoms with E-state index in [9.17, 15) is 4.79 Å². The van der Waals surface area contributed by atoms with Crippen LogP contribution in [0, 0.1) is 6.92 Å². The van der Waals surface area contributed by atoms with Gasteiger partial charge < -0.3 is 4.98 Å². The van der Waals surface area contributed by atoms with Crippen LogP contribution in [0.3, 0.4) is 0 Å². The molecule has 21 heavy (non-hydrogen) atoms. The van der Waals surface area contributed by atoms with Crippen molar-refractivity contribution >= 4 is 23.0 Å². The van der Waals surface area contributed by atoms with Gasteiger partial charge in [0.1, 0.15) is 0 Å². The lowest BCUT2D eigenvalue weighted by molar-refractivity contribution is 0.0954.